The molecular weight excluding hydrogens is 118 g/mol. The monoisotopic (exact) mass is 129 g/mol. The van der Waals surface area contributed by atoms with Gasteiger partial charge in [-0.1, -0.05) is 0 Å². The average Bonchev–Trinajstić information content (AvgIpc) is 2.34. The minimum atomic E-state index is 0.680. The van der Waals surface area contributed by atoms with Crippen LogP contribution in [0.1, 0.15) is 6.42 Å². The summed E-state index contributed by atoms with van der Waals surface area (Å²) in [6.45, 7) is 1.43. The Hall–Kier alpha value is -0.540. The first kappa shape index (κ1) is 6.58. The van der Waals surface area contributed by atoms with Crippen molar-refractivity contribution in [2.24, 2.45) is 0 Å². The minimum absolute atomic E-state index is 0.680. The molecule has 0 atom stereocenters. The molecule has 52 valence electrons. The van der Waals surface area contributed by atoms with Crippen LogP contribution in [0.2, 0.25) is 0 Å². The number of rotatable bonds is 3. The Kier molecular flexibility index (Phi) is 2.54. The van der Waals surface area contributed by atoms with E-state index in [1.165, 1.54) is 0 Å². The molecule has 0 radical (unpaired) electrons. The van der Waals surface area contributed by atoms with Crippen LogP contribution in [0.15, 0.2) is 11.8 Å². The second-order valence-electron chi connectivity index (χ2n) is 1.89. The lowest BCUT2D eigenvalue weighted by Gasteiger charge is -1.99. The Morgan fingerprint density at radius 1 is 1.89 bits per heavy atom. The Bertz CT molecular complexity index is 112. The van der Waals surface area contributed by atoms with Gasteiger partial charge in [0.25, 0.3) is 0 Å². The Morgan fingerprint density at radius 2 is 2.78 bits per heavy atom. The van der Waals surface area contributed by atoms with Gasteiger partial charge in [-0.25, -0.2) is 0 Å². The fraction of sp³-hybridized carbons (Fsp3) is 0.667. The third-order valence-electron chi connectivity index (χ3n) is 1.19. The van der Waals surface area contributed by atoms with E-state index >= 15 is 0 Å². The van der Waals surface area contributed by atoms with E-state index in [1.807, 2.05) is 6.08 Å². The summed E-state index contributed by atoms with van der Waals surface area (Å²) >= 11 is 0. The highest BCUT2D eigenvalue weighted by atomic mass is 16.6. The molecule has 1 rings (SSSR count). The normalized spacial score (nSPS) is 17.2. The average molecular weight is 129 g/mol. The van der Waals surface area contributed by atoms with Gasteiger partial charge >= 0.3 is 0 Å². The second kappa shape index (κ2) is 3.48. The predicted octanol–water partition coefficient (Wildman–Crippen LogP) is 0.442. The molecular formula is C6H11NO2. The molecule has 0 aromatic rings. The highest BCUT2D eigenvalue weighted by Gasteiger charge is 2.01. The quantitative estimate of drug-likeness (QED) is 0.599. The largest absolute Gasteiger partial charge is 0.384 e. The summed E-state index contributed by atoms with van der Waals surface area (Å²) in [6, 6.07) is 0. The van der Waals surface area contributed by atoms with Crippen molar-refractivity contribution < 1.29 is 9.57 Å². The summed E-state index contributed by atoms with van der Waals surface area (Å²) in [5.74, 6) is 0. The number of hydroxylamine groups is 1. The highest BCUT2D eigenvalue weighted by Crippen LogP contribution is 2.01. The number of hydrogen-bond donors (Lipinski definition) is 1. The molecule has 0 unspecified atom stereocenters. The van der Waals surface area contributed by atoms with Crippen LogP contribution in [0.25, 0.3) is 0 Å². The van der Waals surface area contributed by atoms with E-state index in [2.05, 4.69) is 5.48 Å². The van der Waals surface area contributed by atoms with Gasteiger partial charge in [0, 0.05) is 19.2 Å². The van der Waals surface area contributed by atoms with Crippen molar-refractivity contribution in [3.63, 3.8) is 0 Å². The standard InChI is InChI=1S/C6H11NO2/c1-8-4-2-6-3-5-9-7-6/h3,7H,2,4-5H2,1H3. The molecule has 0 aromatic carbocycles. The van der Waals surface area contributed by atoms with Gasteiger partial charge in [0.05, 0.1) is 13.2 Å². The lowest BCUT2D eigenvalue weighted by molar-refractivity contribution is 0.102. The molecule has 1 aliphatic rings. The molecule has 0 fully saturated rings. The van der Waals surface area contributed by atoms with Gasteiger partial charge < -0.3 is 4.74 Å². The fourth-order valence-electron chi connectivity index (χ4n) is 0.683. The van der Waals surface area contributed by atoms with Crippen molar-refractivity contribution in [2.45, 2.75) is 6.42 Å². The first-order valence-corrected chi connectivity index (χ1v) is 2.99. The Morgan fingerprint density at radius 3 is 3.33 bits per heavy atom. The maximum absolute atomic E-state index is 4.87. The number of methoxy groups -OCH3 is 1. The van der Waals surface area contributed by atoms with Crippen LogP contribution in [0.5, 0.6) is 0 Å². The molecule has 0 aromatic heterocycles. The first-order valence-electron chi connectivity index (χ1n) is 2.99. The van der Waals surface area contributed by atoms with Crippen molar-refractivity contribution in [3.05, 3.63) is 11.8 Å². The number of ether oxygens (including phenoxy) is 1. The maximum atomic E-state index is 4.87. The van der Waals surface area contributed by atoms with Crippen LogP contribution in [-0.4, -0.2) is 20.3 Å². The van der Waals surface area contributed by atoms with Crippen LogP contribution in [0.3, 0.4) is 0 Å². The zero-order valence-corrected chi connectivity index (χ0v) is 5.52. The van der Waals surface area contributed by atoms with E-state index in [0.29, 0.717) is 6.61 Å². The molecule has 3 heteroatoms. The summed E-state index contributed by atoms with van der Waals surface area (Å²) in [7, 11) is 1.69. The van der Waals surface area contributed by atoms with Gasteiger partial charge in [0.1, 0.15) is 0 Å². The van der Waals surface area contributed by atoms with Gasteiger partial charge in [-0.3, -0.25) is 10.3 Å². The summed E-state index contributed by atoms with van der Waals surface area (Å²) in [4.78, 5) is 4.86. The molecule has 1 N–H and O–H groups in total. The Labute approximate surface area is 54.6 Å². The van der Waals surface area contributed by atoms with Crippen LogP contribution >= 0.6 is 0 Å². The molecule has 1 heterocycles. The summed E-state index contributed by atoms with van der Waals surface area (Å²) < 4.78 is 4.87. The zero-order valence-electron chi connectivity index (χ0n) is 5.52. The fourth-order valence-corrected chi connectivity index (χ4v) is 0.683. The van der Waals surface area contributed by atoms with Gasteiger partial charge in [-0.15, -0.1) is 0 Å². The number of nitrogens with one attached hydrogen (secondary N) is 1. The van der Waals surface area contributed by atoms with Crippen molar-refractivity contribution >= 4 is 0 Å². The lowest BCUT2D eigenvalue weighted by atomic mass is 10.3. The third kappa shape index (κ3) is 2.03. The SMILES string of the molecule is COCCC1=CCON1. The molecule has 3 nitrogen and oxygen atoms in total. The summed E-state index contributed by atoms with van der Waals surface area (Å²) in [6.07, 6.45) is 2.93. The third-order valence-corrected chi connectivity index (χ3v) is 1.19. The molecule has 0 saturated carbocycles. The maximum Gasteiger partial charge on any atom is 0.0947 e. The van der Waals surface area contributed by atoms with Crippen LogP contribution in [-0.2, 0) is 9.57 Å². The van der Waals surface area contributed by atoms with Crippen LogP contribution < -0.4 is 5.48 Å². The summed E-state index contributed by atoms with van der Waals surface area (Å²) in [5.41, 5.74) is 3.89. The van der Waals surface area contributed by atoms with E-state index in [9.17, 15) is 0 Å². The molecule has 0 bridgehead atoms. The van der Waals surface area contributed by atoms with Crippen molar-refractivity contribution in [2.75, 3.05) is 20.3 Å². The van der Waals surface area contributed by atoms with Gasteiger partial charge in [-0.05, 0) is 6.08 Å². The van der Waals surface area contributed by atoms with E-state index in [0.717, 1.165) is 18.7 Å². The second-order valence-corrected chi connectivity index (χ2v) is 1.89. The topological polar surface area (TPSA) is 30.5 Å². The van der Waals surface area contributed by atoms with Gasteiger partial charge in [-0.2, -0.15) is 0 Å². The van der Waals surface area contributed by atoms with Crippen LogP contribution in [0, 0.1) is 0 Å². The van der Waals surface area contributed by atoms with E-state index in [1.54, 1.807) is 7.11 Å². The van der Waals surface area contributed by atoms with E-state index in [-0.39, 0.29) is 0 Å². The molecule has 0 aliphatic carbocycles. The van der Waals surface area contributed by atoms with E-state index in [4.69, 9.17) is 9.57 Å². The Balaban J connectivity index is 2.11. The van der Waals surface area contributed by atoms with Gasteiger partial charge in [0.15, 0.2) is 0 Å². The molecule has 0 saturated heterocycles. The molecule has 0 spiro atoms. The summed E-state index contributed by atoms with van der Waals surface area (Å²) in [5, 5.41) is 0. The van der Waals surface area contributed by atoms with Crippen molar-refractivity contribution in [1.82, 2.24) is 5.48 Å². The predicted molar refractivity (Wildman–Crippen MR) is 33.7 cm³/mol. The first-order chi connectivity index (χ1) is 4.43. The van der Waals surface area contributed by atoms with Crippen LogP contribution in [0.4, 0.5) is 0 Å². The van der Waals surface area contributed by atoms with Crippen molar-refractivity contribution in [3.8, 4) is 0 Å². The highest BCUT2D eigenvalue weighted by molar-refractivity contribution is 5.00. The molecule has 9 heavy (non-hydrogen) atoms. The van der Waals surface area contributed by atoms with E-state index < -0.39 is 0 Å². The smallest absolute Gasteiger partial charge is 0.0947 e. The molecule has 0 amide bonds. The number of hydrogen-bond acceptors (Lipinski definition) is 3. The van der Waals surface area contributed by atoms with Crippen molar-refractivity contribution in [1.29, 1.82) is 0 Å². The zero-order chi connectivity index (χ0) is 6.53. The lowest BCUT2D eigenvalue weighted by Crippen LogP contribution is -2.07. The minimum Gasteiger partial charge on any atom is -0.384 e. The van der Waals surface area contributed by atoms with Gasteiger partial charge in [0.2, 0.25) is 0 Å². The molecule has 1 aliphatic heterocycles.